The molecule has 0 aliphatic carbocycles. The van der Waals surface area contributed by atoms with Gasteiger partial charge < -0.3 is 23.8 Å². The van der Waals surface area contributed by atoms with E-state index in [0.717, 1.165) is 11.1 Å². The van der Waals surface area contributed by atoms with Crippen LogP contribution < -0.4 is 18.9 Å². The fraction of sp³-hybridized carbons (Fsp3) is 0.250. The molecule has 0 spiro atoms. The number of carbonyl (C=O) groups excluding carboxylic acids is 1. The first-order chi connectivity index (χ1) is 15.0. The Morgan fingerprint density at radius 1 is 1.26 bits per heavy atom. The number of amides is 1. The van der Waals surface area contributed by atoms with Crippen molar-refractivity contribution in [2.75, 3.05) is 28.0 Å². The van der Waals surface area contributed by atoms with E-state index in [0.29, 0.717) is 41.6 Å². The first-order valence-electron chi connectivity index (χ1n) is 9.63. The van der Waals surface area contributed by atoms with Crippen LogP contribution in [-0.4, -0.2) is 38.8 Å². The van der Waals surface area contributed by atoms with Crippen molar-refractivity contribution >= 4 is 12.0 Å². The summed E-state index contributed by atoms with van der Waals surface area (Å²) < 4.78 is 22.4. The first kappa shape index (κ1) is 21.8. The van der Waals surface area contributed by atoms with Crippen LogP contribution in [0.3, 0.4) is 0 Å². The highest BCUT2D eigenvalue weighted by molar-refractivity contribution is 6.01. The normalized spacial score (nSPS) is 12.1. The number of benzene rings is 2. The van der Waals surface area contributed by atoms with Gasteiger partial charge in [-0.1, -0.05) is 12.1 Å². The molecule has 0 radical (unpaired) electrons. The Hall–Kier alpha value is -3.92. The van der Waals surface area contributed by atoms with Gasteiger partial charge in [-0.05, 0) is 47.9 Å². The van der Waals surface area contributed by atoms with Crippen molar-refractivity contribution in [1.29, 1.82) is 5.26 Å². The molecule has 3 rings (SSSR count). The van der Waals surface area contributed by atoms with Crippen LogP contribution in [0.2, 0.25) is 0 Å². The molecule has 31 heavy (non-hydrogen) atoms. The summed E-state index contributed by atoms with van der Waals surface area (Å²) >= 11 is 0. The van der Waals surface area contributed by atoms with Crippen LogP contribution in [0, 0.1) is 11.3 Å². The van der Waals surface area contributed by atoms with Crippen LogP contribution >= 0.6 is 0 Å². The molecule has 1 aliphatic rings. The summed E-state index contributed by atoms with van der Waals surface area (Å²) in [6.45, 7) is 4.33. The van der Waals surface area contributed by atoms with Crippen molar-refractivity contribution < 1.29 is 23.7 Å². The molecule has 0 atom stereocenters. The lowest BCUT2D eigenvalue weighted by molar-refractivity contribution is -0.124. The average molecular weight is 420 g/mol. The molecule has 1 aliphatic heterocycles. The summed E-state index contributed by atoms with van der Waals surface area (Å²) in [5, 5.41) is 9.38. The number of carbonyl (C=O) groups is 1. The van der Waals surface area contributed by atoms with Crippen LogP contribution in [-0.2, 0) is 17.8 Å². The number of hydrogen-bond donors (Lipinski definition) is 0. The Morgan fingerprint density at radius 3 is 2.71 bits per heavy atom. The predicted molar refractivity (Wildman–Crippen MR) is 116 cm³/mol. The summed E-state index contributed by atoms with van der Waals surface area (Å²) in [6, 6.07) is 11.2. The zero-order valence-electron chi connectivity index (χ0n) is 17.8. The van der Waals surface area contributed by atoms with Gasteiger partial charge in [-0.2, -0.15) is 5.26 Å². The van der Waals surface area contributed by atoms with E-state index in [1.165, 1.54) is 4.90 Å². The number of nitrogens with zero attached hydrogens (tertiary/aromatic N) is 2. The number of methoxy groups -OCH3 is 1. The van der Waals surface area contributed by atoms with Crippen molar-refractivity contribution in [3.8, 4) is 29.1 Å². The summed E-state index contributed by atoms with van der Waals surface area (Å²) in [5.41, 5.74) is 2.45. The van der Waals surface area contributed by atoms with E-state index in [9.17, 15) is 10.1 Å². The molecule has 0 bridgehead atoms. The van der Waals surface area contributed by atoms with Gasteiger partial charge in [-0.15, -0.1) is 6.58 Å². The molecule has 1 amide bonds. The van der Waals surface area contributed by atoms with Gasteiger partial charge in [0.15, 0.2) is 23.0 Å². The molecule has 7 nitrogen and oxygen atoms in total. The maximum absolute atomic E-state index is 12.2. The minimum absolute atomic E-state index is 0.0330. The van der Waals surface area contributed by atoms with E-state index in [2.05, 4.69) is 6.58 Å². The Kier molecular flexibility index (Phi) is 6.83. The predicted octanol–water partition coefficient (Wildman–Crippen LogP) is 3.73. The smallest absolute Gasteiger partial charge is 0.264 e. The largest absolute Gasteiger partial charge is 0.493 e. The number of ether oxygens (including phenoxy) is 4. The molecule has 0 N–H and O–H groups in total. The molecule has 0 unspecified atom stereocenters. The van der Waals surface area contributed by atoms with Gasteiger partial charge >= 0.3 is 0 Å². The van der Waals surface area contributed by atoms with Crippen LogP contribution in [0.25, 0.3) is 6.08 Å². The summed E-state index contributed by atoms with van der Waals surface area (Å²) in [5.74, 6) is 2.12. The molecule has 0 aromatic heterocycles. The maximum Gasteiger partial charge on any atom is 0.264 e. The topological polar surface area (TPSA) is 81.0 Å². The SMILES string of the molecule is C=CCc1cc(/C=C(/C#N)C(=O)N(C)C)cc(OC)c1OCc1ccc2c(c1)OCO2. The molecular formula is C24H24N2O5. The molecular weight excluding hydrogens is 396 g/mol. The van der Waals surface area contributed by atoms with Gasteiger partial charge in [0.25, 0.3) is 5.91 Å². The lowest BCUT2D eigenvalue weighted by atomic mass is 10.0. The highest BCUT2D eigenvalue weighted by atomic mass is 16.7. The molecule has 0 saturated heterocycles. The molecule has 1 heterocycles. The van der Waals surface area contributed by atoms with Crippen molar-refractivity contribution in [3.05, 3.63) is 65.3 Å². The monoisotopic (exact) mass is 420 g/mol. The Balaban J connectivity index is 1.92. The Morgan fingerprint density at radius 2 is 2.03 bits per heavy atom. The standard InChI is InChI=1S/C24H24N2O5/c1-5-6-18-9-17(10-19(13-25)24(27)26(2)3)12-22(28-4)23(18)29-14-16-7-8-20-21(11-16)31-15-30-20/h5,7-12H,1,6,14-15H2,2-4H3/b19-10-. The van der Waals surface area contributed by atoms with E-state index in [-0.39, 0.29) is 18.3 Å². The molecule has 0 fully saturated rings. The minimum Gasteiger partial charge on any atom is -0.493 e. The fourth-order valence-corrected chi connectivity index (χ4v) is 3.13. The van der Waals surface area contributed by atoms with Gasteiger partial charge in [0.2, 0.25) is 6.79 Å². The van der Waals surface area contributed by atoms with Crippen molar-refractivity contribution in [1.82, 2.24) is 4.90 Å². The molecule has 0 saturated carbocycles. The molecule has 160 valence electrons. The van der Waals surface area contributed by atoms with Crippen LogP contribution in [0.4, 0.5) is 0 Å². The van der Waals surface area contributed by atoms with E-state index in [4.69, 9.17) is 18.9 Å². The number of nitriles is 1. The van der Waals surface area contributed by atoms with Gasteiger partial charge in [-0.3, -0.25) is 4.79 Å². The number of fused-ring (bicyclic) bond motifs is 1. The van der Waals surface area contributed by atoms with Crippen molar-refractivity contribution in [2.45, 2.75) is 13.0 Å². The summed E-state index contributed by atoms with van der Waals surface area (Å²) in [4.78, 5) is 13.6. The highest BCUT2D eigenvalue weighted by Gasteiger charge is 2.17. The number of rotatable bonds is 8. The van der Waals surface area contributed by atoms with Gasteiger partial charge in [0.05, 0.1) is 7.11 Å². The average Bonchev–Trinajstić information content (AvgIpc) is 3.24. The van der Waals surface area contributed by atoms with Gasteiger partial charge in [0, 0.05) is 19.7 Å². The lowest BCUT2D eigenvalue weighted by Crippen LogP contribution is -2.22. The first-order valence-corrected chi connectivity index (χ1v) is 9.63. The second kappa shape index (κ2) is 9.72. The second-order valence-electron chi connectivity index (χ2n) is 7.05. The third-order valence-corrected chi connectivity index (χ3v) is 4.63. The summed E-state index contributed by atoms with van der Waals surface area (Å²) in [7, 11) is 4.75. The van der Waals surface area contributed by atoms with E-state index >= 15 is 0 Å². The third-order valence-electron chi connectivity index (χ3n) is 4.63. The quantitative estimate of drug-likeness (QED) is 0.368. The molecule has 2 aromatic carbocycles. The summed E-state index contributed by atoms with van der Waals surface area (Å²) in [6.07, 6.45) is 3.82. The van der Waals surface area contributed by atoms with E-state index in [1.807, 2.05) is 30.3 Å². The van der Waals surface area contributed by atoms with Crippen molar-refractivity contribution in [3.63, 3.8) is 0 Å². The lowest BCUT2D eigenvalue weighted by Gasteiger charge is -2.16. The third kappa shape index (κ3) is 4.98. The second-order valence-corrected chi connectivity index (χ2v) is 7.05. The van der Waals surface area contributed by atoms with E-state index < -0.39 is 0 Å². The minimum atomic E-state index is -0.366. The maximum atomic E-state index is 12.2. The number of likely N-dealkylation sites (N-methyl/N-ethyl adjacent to an activating group) is 1. The van der Waals surface area contributed by atoms with Gasteiger partial charge in [-0.25, -0.2) is 0 Å². The number of allylic oxidation sites excluding steroid dienone is 1. The fourth-order valence-electron chi connectivity index (χ4n) is 3.13. The highest BCUT2D eigenvalue weighted by Crippen LogP contribution is 2.36. The number of hydrogen-bond acceptors (Lipinski definition) is 6. The van der Waals surface area contributed by atoms with E-state index in [1.54, 1.807) is 39.4 Å². The Bertz CT molecular complexity index is 1070. The van der Waals surface area contributed by atoms with Crippen LogP contribution in [0.1, 0.15) is 16.7 Å². The Labute approximate surface area is 181 Å². The van der Waals surface area contributed by atoms with Gasteiger partial charge in [0.1, 0.15) is 18.2 Å². The van der Waals surface area contributed by atoms with Crippen LogP contribution in [0.15, 0.2) is 48.6 Å². The van der Waals surface area contributed by atoms with Crippen molar-refractivity contribution in [2.24, 2.45) is 0 Å². The zero-order valence-corrected chi connectivity index (χ0v) is 17.8. The zero-order chi connectivity index (χ0) is 22.4. The molecule has 2 aromatic rings. The van der Waals surface area contributed by atoms with Crippen LogP contribution in [0.5, 0.6) is 23.0 Å². The molecule has 7 heteroatoms.